The molecule has 3 aromatic rings. The summed E-state index contributed by atoms with van der Waals surface area (Å²) in [5.41, 5.74) is 4.77. The molecule has 0 spiro atoms. The zero-order valence-electron chi connectivity index (χ0n) is 18.0. The molecule has 0 radical (unpaired) electrons. The van der Waals surface area contributed by atoms with Crippen LogP contribution in [0.4, 0.5) is 15.9 Å². The van der Waals surface area contributed by atoms with Crippen LogP contribution in [-0.4, -0.2) is 15.6 Å². The number of hydrogen-bond donors (Lipinski definition) is 2. The Labute approximate surface area is 193 Å². The van der Waals surface area contributed by atoms with Crippen molar-refractivity contribution in [1.29, 1.82) is 0 Å². The fourth-order valence-corrected chi connectivity index (χ4v) is 3.93. The number of benzene rings is 1. The molecular weight excluding hydrogens is 423 g/mol. The highest BCUT2D eigenvalue weighted by atomic mass is 35.5. The van der Waals surface area contributed by atoms with Crippen LogP contribution in [0.2, 0.25) is 5.02 Å². The number of halogens is 2. The topological polar surface area (TPSA) is 41.9 Å². The molecule has 2 aromatic heterocycles. The first-order valence-electron chi connectivity index (χ1n) is 10.7. The van der Waals surface area contributed by atoms with Crippen LogP contribution in [0.3, 0.4) is 0 Å². The Bertz CT molecular complexity index is 1180. The minimum atomic E-state index is -0.378. The van der Waals surface area contributed by atoms with Crippen molar-refractivity contribution < 1.29 is 4.39 Å². The third-order valence-corrected chi connectivity index (χ3v) is 5.77. The molecule has 32 heavy (non-hydrogen) atoms. The summed E-state index contributed by atoms with van der Waals surface area (Å²) in [5.74, 6) is 0.238. The molecule has 0 saturated heterocycles. The van der Waals surface area contributed by atoms with Crippen molar-refractivity contribution >= 4 is 28.8 Å². The molecular formula is C26H26ClFN4. The van der Waals surface area contributed by atoms with Gasteiger partial charge >= 0.3 is 0 Å². The van der Waals surface area contributed by atoms with Crippen molar-refractivity contribution in [3.05, 3.63) is 102 Å². The molecule has 1 aliphatic rings. The van der Waals surface area contributed by atoms with E-state index in [4.69, 9.17) is 11.6 Å². The van der Waals surface area contributed by atoms with Crippen molar-refractivity contribution in [3.8, 4) is 5.69 Å². The van der Waals surface area contributed by atoms with E-state index in [1.54, 1.807) is 12.3 Å². The van der Waals surface area contributed by atoms with Gasteiger partial charge in [0.2, 0.25) is 0 Å². The molecule has 0 fully saturated rings. The summed E-state index contributed by atoms with van der Waals surface area (Å²) < 4.78 is 15.3. The zero-order valence-corrected chi connectivity index (χ0v) is 18.7. The van der Waals surface area contributed by atoms with Gasteiger partial charge in [0, 0.05) is 35.9 Å². The van der Waals surface area contributed by atoms with Crippen LogP contribution in [0.25, 0.3) is 11.4 Å². The quantitative estimate of drug-likeness (QED) is 0.389. The highest BCUT2D eigenvalue weighted by Crippen LogP contribution is 2.26. The summed E-state index contributed by atoms with van der Waals surface area (Å²) in [7, 11) is 0. The van der Waals surface area contributed by atoms with Crippen molar-refractivity contribution in [2.24, 2.45) is 0 Å². The largest absolute Gasteiger partial charge is 0.378 e. The van der Waals surface area contributed by atoms with Crippen LogP contribution < -0.4 is 10.6 Å². The highest BCUT2D eigenvalue weighted by Gasteiger charge is 2.13. The van der Waals surface area contributed by atoms with E-state index in [0.717, 1.165) is 36.2 Å². The monoisotopic (exact) mass is 448 g/mol. The Kier molecular flexibility index (Phi) is 6.76. The number of anilines is 2. The number of pyridine rings is 1. The van der Waals surface area contributed by atoms with E-state index < -0.39 is 0 Å². The molecule has 4 nitrogen and oxygen atoms in total. The van der Waals surface area contributed by atoms with Gasteiger partial charge < -0.3 is 15.2 Å². The van der Waals surface area contributed by atoms with Gasteiger partial charge in [-0.15, -0.1) is 0 Å². The van der Waals surface area contributed by atoms with E-state index >= 15 is 0 Å². The number of allylic oxidation sites excluding steroid dienone is 2. The summed E-state index contributed by atoms with van der Waals surface area (Å²) in [6, 6.07) is 10.3. The van der Waals surface area contributed by atoms with Gasteiger partial charge in [-0.1, -0.05) is 43.3 Å². The molecule has 6 heteroatoms. The summed E-state index contributed by atoms with van der Waals surface area (Å²) in [6.07, 6.45) is 15.7. The maximum atomic E-state index is 13.3. The first-order chi connectivity index (χ1) is 15.5. The van der Waals surface area contributed by atoms with Crippen LogP contribution in [0.1, 0.15) is 31.7 Å². The van der Waals surface area contributed by atoms with E-state index in [9.17, 15) is 4.39 Å². The minimum Gasteiger partial charge on any atom is -0.378 e. The second kappa shape index (κ2) is 9.88. The van der Waals surface area contributed by atoms with Crippen molar-refractivity contribution in [2.45, 2.75) is 32.2 Å². The third kappa shape index (κ3) is 5.11. The van der Waals surface area contributed by atoms with Crippen molar-refractivity contribution in [2.75, 3.05) is 5.32 Å². The number of hydrogen-bond acceptors (Lipinski definition) is 3. The van der Waals surface area contributed by atoms with Gasteiger partial charge in [-0.2, -0.15) is 0 Å². The molecule has 1 aliphatic carbocycles. The smallest absolute Gasteiger partial charge is 0.132 e. The van der Waals surface area contributed by atoms with Gasteiger partial charge in [0.25, 0.3) is 0 Å². The zero-order chi connectivity index (χ0) is 22.5. The van der Waals surface area contributed by atoms with E-state index in [0.29, 0.717) is 16.5 Å². The lowest BCUT2D eigenvalue weighted by Gasteiger charge is -2.22. The third-order valence-electron chi connectivity index (χ3n) is 5.46. The summed E-state index contributed by atoms with van der Waals surface area (Å²) in [4.78, 5) is 4.35. The van der Waals surface area contributed by atoms with Crippen LogP contribution in [0.5, 0.6) is 0 Å². The molecule has 1 aromatic carbocycles. The lowest BCUT2D eigenvalue weighted by atomic mass is 9.98. The fourth-order valence-electron chi connectivity index (χ4n) is 3.72. The summed E-state index contributed by atoms with van der Waals surface area (Å²) in [5, 5.41) is 7.02. The average molecular weight is 449 g/mol. The average Bonchev–Trinajstić information content (AvgIpc) is 3.31. The van der Waals surface area contributed by atoms with Gasteiger partial charge in [0.15, 0.2) is 0 Å². The standard InChI is InChI=1S/C26H26ClFN4/c1-3-24(19-7-5-4-6-8-19)30-18(2)20-12-14-32(17-20)22-11-13-29-26(16-22)31-25-10-9-21(28)15-23(25)27/h5,7-17,24,30H,2-4,6H2,1H3,(H,29,31). The second-order valence-corrected chi connectivity index (χ2v) is 8.13. The van der Waals surface area contributed by atoms with Gasteiger partial charge in [0.05, 0.1) is 22.4 Å². The molecule has 0 amide bonds. The normalized spacial score (nSPS) is 14.0. The molecule has 2 heterocycles. The van der Waals surface area contributed by atoms with Gasteiger partial charge in [0.1, 0.15) is 11.6 Å². The van der Waals surface area contributed by atoms with Crippen LogP contribution >= 0.6 is 11.6 Å². The Morgan fingerprint density at radius 1 is 1.25 bits per heavy atom. The highest BCUT2D eigenvalue weighted by molar-refractivity contribution is 6.33. The lowest BCUT2D eigenvalue weighted by Crippen LogP contribution is -2.28. The van der Waals surface area contributed by atoms with Crippen molar-refractivity contribution in [1.82, 2.24) is 14.9 Å². The SMILES string of the molecule is C=C(NC(CC)C1=CCCC=C1)c1ccn(-c2ccnc(Nc3ccc(F)cc3Cl)c2)c1. The fraction of sp³-hybridized carbons (Fsp3) is 0.192. The lowest BCUT2D eigenvalue weighted by molar-refractivity contribution is 0.628. The maximum Gasteiger partial charge on any atom is 0.132 e. The summed E-state index contributed by atoms with van der Waals surface area (Å²) in [6.45, 7) is 6.44. The molecule has 164 valence electrons. The Morgan fingerprint density at radius 2 is 2.12 bits per heavy atom. The Balaban J connectivity index is 1.48. The first kappa shape index (κ1) is 21.9. The van der Waals surface area contributed by atoms with E-state index in [1.807, 2.05) is 35.2 Å². The Morgan fingerprint density at radius 3 is 2.88 bits per heavy atom. The van der Waals surface area contributed by atoms with Crippen LogP contribution in [0.15, 0.2) is 85.4 Å². The van der Waals surface area contributed by atoms with E-state index in [1.165, 1.54) is 17.7 Å². The van der Waals surface area contributed by atoms with Crippen LogP contribution in [-0.2, 0) is 0 Å². The molecule has 4 rings (SSSR count). The summed E-state index contributed by atoms with van der Waals surface area (Å²) >= 11 is 6.12. The first-order valence-corrected chi connectivity index (χ1v) is 11.1. The predicted molar refractivity (Wildman–Crippen MR) is 131 cm³/mol. The van der Waals surface area contributed by atoms with E-state index in [-0.39, 0.29) is 11.9 Å². The number of nitrogens with one attached hydrogen (secondary N) is 2. The number of nitrogens with zero attached hydrogens (tertiary/aromatic N) is 2. The number of aromatic nitrogens is 2. The van der Waals surface area contributed by atoms with Crippen molar-refractivity contribution in [3.63, 3.8) is 0 Å². The molecule has 0 aliphatic heterocycles. The number of rotatable bonds is 8. The van der Waals surface area contributed by atoms with Gasteiger partial charge in [-0.3, -0.25) is 0 Å². The van der Waals surface area contributed by atoms with Gasteiger partial charge in [-0.05, 0) is 55.2 Å². The molecule has 1 unspecified atom stereocenters. The molecule has 2 N–H and O–H groups in total. The molecule has 0 saturated carbocycles. The van der Waals surface area contributed by atoms with E-state index in [2.05, 4.69) is 47.3 Å². The second-order valence-electron chi connectivity index (χ2n) is 7.72. The minimum absolute atomic E-state index is 0.250. The predicted octanol–water partition coefficient (Wildman–Crippen LogP) is 7.02. The van der Waals surface area contributed by atoms with Crippen LogP contribution in [0, 0.1) is 5.82 Å². The Hall–Kier alpha value is -3.31. The molecule has 1 atom stereocenters. The molecule has 0 bridgehead atoms. The maximum absolute atomic E-state index is 13.3. The van der Waals surface area contributed by atoms with Gasteiger partial charge in [-0.25, -0.2) is 9.37 Å².